The Morgan fingerprint density at radius 1 is 1.25 bits per heavy atom. The zero-order chi connectivity index (χ0) is 17.7. The van der Waals surface area contributed by atoms with E-state index in [4.69, 9.17) is 0 Å². The smallest absolute Gasteiger partial charge is 0.254 e. The van der Waals surface area contributed by atoms with Crippen molar-refractivity contribution in [1.29, 1.82) is 0 Å². The number of benzene rings is 1. The van der Waals surface area contributed by atoms with Gasteiger partial charge in [0.05, 0.1) is 5.69 Å². The lowest BCUT2D eigenvalue weighted by atomic mass is 9.90. The number of nitrogens with zero attached hydrogens (tertiary/aromatic N) is 1. The van der Waals surface area contributed by atoms with Crippen molar-refractivity contribution in [1.82, 2.24) is 9.97 Å². The summed E-state index contributed by atoms with van der Waals surface area (Å²) >= 11 is 1.46. The standard InChI is InChI=1S/C18H22F2N2OS/c1-4-6-10-24-18-21-16(11(3)17(23)22-18)12(5-2)15-13(19)8-7-9-14(15)20/h7-9,12H,4-6,10H2,1-3H3,(H,21,22,23). The van der Waals surface area contributed by atoms with Crippen molar-refractivity contribution in [3.05, 3.63) is 57.0 Å². The molecule has 3 nitrogen and oxygen atoms in total. The second kappa shape index (κ2) is 8.42. The molecule has 1 heterocycles. The van der Waals surface area contributed by atoms with Gasteiger partial charge in [0.2, 0.25) is 0 Å². The van der Waals surface area contributed by atoms with Crippen LogP contribution < -0.4 is 5.56 Å². The number of H-pyrrole nitrogens is 1. The molecule has 1 atom stereocenters. The van der Waals surface area contributed by atoms with Crippen LogP contribution in [0.5, 0.6) is 0 Å². The Hall–Kier alpha value is -1.69. The van der Waals surface area contributed by atoms with Gasteiger partial charge in [-0.3, -0.25) is 4.79 Å². The van der Waals surface area contributed by atoms with Gasteiger partial charge in [0.25, 0.3) is 5.56 Å². The molecule has 0 spiro atoms. The number of aromatic nitrogens is 2. The molecule has 0 saturated carbocycles. The van der Waals surface area contributed by atoms with Crippen LogP contribution in [0.3, 0.4) is 0 Å². The minimum Gasteiger partial charge on any atom is -0.301 e. The largest absolute Gasteiger partial charge is 0.301 e. The number of hydrogen-bond donors (Lipinski definition) is 1. The summed E-state index contributed by atoms with van der Waals surface area (Å²) in [6.07, 6.45) is 2.51. The SMILES string of the molecule is CCCCSc1nc(C(CC)c2c(F)cccc2F)c(C)c(=O)[nH]1. The average molecular weight is 352 g/mol. The van der Waals surface area contributed by atoms with E-state index in [0.717, 1.165) is 18.6 Å². The number of thioether (sulfide) groups is 1. The Labute approximate surface area is 144 Å². The molecule has 2 rings (SSSR count). The number of halogens is 2. The highest BCUT2D eigenvalue weighted by Crippen LogP contribution is 2.32. The minimum atomic E-state index is -0.608. The van der Waals surface area contributed by atoms with Crippen LogP contribution in [0.15, 0.2) is 28.2 Å². The quantitative estimate of drug-likeness (QED) is 0.443. The van der Waals surface area contributed by atoms with Crippen LogP contribution in [0.1, 0.15) is 55.8 Å². The van der Waals surface area contributed by atoms with Gasteiger partial charge in [0.15, 0.2) is 5.16 Å². The second-order valence-electron chi connectivity index (χ2n) is 5.68. The number of rotatable bonds is 7. The predicted molar refractivity (Wildman–Crippen MR) is 93.7 cm³/mol. The average Bonchev–Trinajstić information content (AvgIpc) is 2.55. The van der Waals surface area contributed by atoms with Crippen LogP contribution in [0.4, 0.5) is 8.78 Å². The van der Waals surface area contributed by atoms with E-state index in [1.807, 2.05) is 6.92 Å². The molecule has 0 fully saturated rings. The molecule has 130 valence electrons. The highest BCUT2D eigenvalue weighted by atomic mass is 32.2. The Bertz CT molecular complexity index is 741. The summed E-state index contributed by atoms with van der Waals surface area (Å²) in [5.41, 5.74) is 0.577. The first kappa shape index (κ1) is 18.6. The fraction of sp³-hybridized carbons (Fsp3) is 0.444. The molecule has 6 heteroatoms. The van der Waals surface area contributed by atoms with Crippen molar-refractivity contribution in [2.45, 2.75) is 51.1 Å². The predicted octanol–water partition coefficient (Wildman–Crippen LogP) is 4.79. The number of nitrogens with one attached hydrogen (secondary N) is 1. The summed E-state index contributed by atoms with van der Waals surface area (Å²) in [4.78, 5) is 19.5. The summed E-state index contributed by atoms with van der Waals surface area (Å²) in [7, 11) is 0. The normalized spacial score (nSPS) is 12.4. The third-order valence-corrected chi connectivity index (χ3v) is 4.95. The first-order valence-electron chi connectivity index (χ1n) is 8.17. The third kappa shape index (κ3) is 4.04. The first-order valence-corrected chi connectivity index (χ1v) is 9.15. The van der Waals surface area contributed by atoms with Gasteiger partial charge in [-0.25, -0.2) is 13.8 Å². The zero-order valence-corrected chi connectivity index (χ0v) is 15.0. The summed E-state index contributed by atoms with van der Waals surface area (Å²) < 4.78 is 28.4. The second-order valence-corrected chi connectivity index (χ2v) is 6.76. The van der Waals surface area contributed by atoms with Gasteiger partial charge in [-0.2, -0.15) is 0 Å². The summed E-state index contributed by atoms with van der Waals surface area (Å²) in [5, 5.41) is 0.504. The topological polar surface area (TPSA) is 45.8 Å². The maximum absolute atomic E-state index is 14.2. The molecule has 0 aliphatic heterocycles. The highest BCUT2D eigenvalue weighted by Gasteiger charge is 2.24. The lowest BCUT2D eigenvalue weighted by Crippen LogP contribution is -2.19. The summed E-state index contributed by atoms with van der Waals surface area (Å²) in [6.45, 7) is 5.57. The molecular weight excluding hydrogens is 330 g/mol. The Balaban J connectivity index is 2.49. The Morgan fingerprint density at radius 2 is 1.92 bits per heavy atom. The highest BCUT2D eigenvalue weighted by molar-refractivity contribution is 7.99. The van der Waals surface area contributed by atoms with Crippen molar-refractivity contribution in [3.63, 3.8) is 0 Å². The van der Waals surface area contributed by atoms with Crippen LogP contribution in [0.2, 0.25) is 0 Å². The van der Waals surface area contributed by atoms with Crippen LogP contribution in [0.25, 0.3) is 0 Å². The van der Waals surface area contributed by atoms with E-state index in [0.29, 0.717) is 22.8 Å². The molecule has 1 aromatic heterocycles. The number of hydrogen-bond acceptors (Lipinski definition) is 3. The maximum Gasteiger partial charge on any atom is 0.254 e. The van der Waals surface area contributed by atoms with Gasteiger partial charge < -0.3 is 4.98 Å². The lowest BCUT2D eigenvalue weighted by Gasteiger charge is -2.19. The van der Waals surface area contributed by atoms with Crippen LogP contribution in [-0.4, -0.2) is 15.7 Å². The van der Waals surface area contributed by atoms with E-state index in [2.05, 4.69) is 16.9 Å². The summed E-state index contributed by atoms with van der Waals surface area (Å²) in [5.74, 6) is -0.960. The van der Waals surface area contributed by atoms with E-state index in [1.165, 1.54) is 30.0 Å². The van der Waals surface area contributed by atoms with Gasteiger partial charge in [0, 0.05) is 22.8 Å². The summed E-state index contributed by atoms with van der Waals surface area (Å²) in [6, 6.07) is 3.81. The van der Waals surface area contributed by atoms with Gasteiger partial charge in [0.1, 0.15) is 11.6 Å². The fourth-order valence-electron chi connectivity index (χ4n) is 2.63. The van der Waals surface area contributed by atoms with Gasteiger partial charge in [-0.1, -0.05) is 38.1 Å². The van der Waals surface area contributed by atoms with E-state index < -0.39 is 17.6 Å². The van der Waals surface area contributed by atoms with Crippen molar-refractivity contribution >= 4 is 11.8 Å². The molecule has 24 heavy (non-hydrogen) atoms. The third-order valence-electron chi connectivity index (χ3n) is 3.99. The van der Waals surface area contributed by atoms with E-state index >= 15 is 0 Å². The maximum atomic E-state index is 14.2. The van der Waals surface area contributed by atoms with E-state index in [-0.39, 0.29) is 11.1 Å². The number of unbranched alkanes of at least 4 members (excludes halogenated alkanes) is 1. The molecule has 0 amide bonds. The van der Waals surface area contributed by atoms with Crippen molar-refractivity contribution in [3.8, 4) is 0 Å². The zero-order valence-electron chi connectivity index (χ0n) is 14.2. The minimum absolute atomic E-state index is 0.0225. The Kier molecular flexibility index (Phi) is 6.54. The molecule has 1 aromatic carbocycles. The lowest BCUT2D eigenvalue weighted by molar-refractivity contribution is 0.530. The molecule has 0 saturated heterocycles. The molecule has 0 radical (unpaired) electrons. The van der Waals surface area contributed by atoms with Crippen molar-refractivity contribution < 1.29 is 8.78 Å². The van der Waals surface area contributed by atoms with Gasteiger partial charge >= 0.3 is 0 Å². The molecular formula is C18H22F2N2OS. The Morgan fingerprint density at radius 3 is 2.50 bits per heavy atom. The van der Waals surface area contributed by atoms with E-state index in [1.54, 1.807) is 6.92 Å². The van der Waals surface area contributed by atoms with E-state index in [9.17, 15) is 13.6 Å². The molecule has 0 aliphatic carbocycles. The monoisotopic (exact) mass is 352 g/mol. The molecule has 2 aromatic rings. The number of aromatic amines is 1. The molecule has 1 N–H and O–H groups in total. The van der Waals surface area contributed by atoms with Crippen LogP contribution in [-0.2, 0) is 0 Å². The molecule has 0 aliphatic rings. The molecule has 1 unspecified atom stereocenters. The van der Waals surface area contributed by atoms with Gasteiger partial charge in [-0.15, -0.1) is 0 Å². The van der Waals surface area contributed by atoms with Gasteiger partial charge in [-0.05, 0) is 31.9 Å². The van der Waals surface area contributed by atoms with Crippen LogP contribution >= 0.6 is 11.8 Å². The van der Waals surface area contributed by atoms with Crippen LogP contribution in [0, 0.1) is 18.6 Å². The first-order chi connectivity index (χ1) is 11.5. The fourth-order valence-corrected chi connectivity index (χ4v) is 3.58. The molecule has 0 bridgehead atoms. The van der Waals surface area contributed by atoms with Crippen molar-refractivity contribution in [2.24, 2.45) is 0 Å². The van der Waals surface area contributed by atoms with Crippen molar-refractivity contribution in [2.75, 3.05) is 5.75 Å².